The second kappa shape index (κ2) is 8.35. The van der Waals surface area contributed by atoms with Crippen LogP contribution in [0.25, 0.3) is 10.2 Å². The molecule has 0 saturated carbocycles. The summed E-state index contributed by atoms with van der Waals surface area (Å²) in [6.07, 6.45) is 0. The molecule has 26 heavy (non-hydrogen) atoms. The minimum absolute atomic E-state index is 0.304. The highest BCUT2D eigenvalue weighted by Gasteiger charge is 2.13. The van der Waals surface area contributed by atoms with Gasteiger partial charge in [-0.05, 0) is 55.8 Å². The van der Waals surface area contributed by atoms with Crippen molar-refractivity contribution in [1.29, 1.82) is 0 Å². The van der Waals surface area contributed by atoms with Gasteiger partial charge in [-0.1, -0.05) is 34.5 Å². The number of amides is 1. The number of carbonyl (C=O) groups is 1. The highest BCUT2D eigenvalue weighted by molar-refractivity contribution is 7.16. The summed E-state index contributed by atoms with van der Waals surface area (Å²) in [5.74, 6) is -0.304. The van der Waals surface area contributed by atoms with Crippen molar-refractivity contribution in [3.05, 3.63) is 62.4 Å². The average molecular weight is 409 g/mol. The van der Waals surface area contributed by atoms with Crippen molar-refractivity contribution in [3.63, 3.8) is 0 Å². The fraction of sp³-hybridized carbons (Fsp3) is 0.263. The van der Waals surface area contributed by atoms with E-state index in [0.717, 1.165) is 15.8 Å². The molecule has 0 N–H and O–H groups in total. The van der Waals surface area contributed by atoms with E-state index in [1.807, 2.05) is 30.5 Å². The van der Waals surface area contributed by atoms with E-state index < -0.39 is 0 Å². The van der Waals surface area contributed by atoms with Crippen LogP contribution in [-0.4, -0.2) is 23.7 Å². The Labute approximate surface area is 165 Å². The second-order valence-electron chi connectivity index (χ2n) is 5.68. The monoisotopic (exact) mass is 408 g/mol. The molecule has 0 saturated heterocycles. The molecule has 1 amide bonds. The lowest BCUT2D eigenvalue weighted by Crippen LogP contribution is -2.20. The van der Waals surface area contributed by atoms with Gasteiger partial charge in [0.1, 0.15) is 0 Å². The predicted octanol–water partition coefficient (Wildman–Crippen LogP) is 5.10. The van der Waals surface area contributed by atoms with Gasteiger partial charge in [-0.15, -0.1) is 0 Å². The molecular formula is C19H18Cl2N2O2S. The predicted molar refractivity (Wildman–Crippen MR) is 107 cm³/mol. The van der Waals surface area contributed by atoms with Crippen LogP contribution in [0.4, 0.5) is 0 Å². The maximum absolute atomic E-state index is 12.6. The van der Waals surface area contributed by atoms with Crippen LogP contribution >= 0.6 is 34.5 Å². The zero-order valence-electron chi connectivity index (χ0n) is 14.5. The third kappa shape index (κ3) is 4.01. The number of ether oxygens (including phenoxy) is 1. The third-order valence-electron chi connectivity index (χ3n) is 3.98. The smallest absolute Gasteiger partial charge is 0.279 e. The summed E-state index contributed by atoms with van der Waals surface area (Å²) in [6.45, 7) is 5.70. The molecule has 0 aliphatic carbocycles. The number of fused-ring (bicyclic) bond motifs is 1. The first-order chi connectivity index (χ1) is 12.5. The molecule has 3 aromatic rings. The van der Waals surface area contributed by atoms with E-state index in [-0.39, 0.29) is 5.91 Å². The Balaban J connectivity index is 2.11. The van der Waals surface area contributed by atoms with Crippen LogP contribution in [-0.2, 0) is 11.3 Å². The van der Waals surface area contributed by atoms with Gasteiger partial charge in [-0.2, -0.15) is 4.99 Å². The zero-order valence-corrected chi connectivity index (χ0v) is 16.8. The largest absolute Gasteiger partial charge is 0.380 e. The molecule has 0 unspecified atom stereocenters. The fourth-order valence-corrected chi connectivity index (χ4v) is 4.04. The lowest BCUT2D eigenvalue weighted by atomic mass is 10.2. The molecule has 0 aliphatic heterocycles. The Morgan fingerprint density at radius 1 is 1.19 bits per heavy atom. The van der Waals surface area contributed by atoms with Crippen LogP contribution < -0.4 is 4.80 Å². The minimum atomic E-state index is -0.304. The van der Waals surface area contributed by atoms with Crippen LogP contribution in [0.2, 0.25) is 10.0 Å². The van der Waals surface area contributed by atoms with Crippen molar-refractivity contribution in [2.75, 3.05) is 13.2 Å². The van der Waals surface area contributed by atoms with Gasteiger partial charge in [-0.3, -0.25) is 4.79 Å². The molecule has 136 valence electrons. The number of rotatable bonds is 5. The van der Waals surface area contributed by atoms with Gasteiger partial charge in [0.2, 0.25) is 0 Å². The van der Waals surface area contributed by atoms with Crippen LogP contribution in [0.5, 0.6) is 0 Å². The molecule has 2 aromatic carbocycles. The summed E-state index contributed by atoms with van der Waals surface area (Å²) >= 11 is 13.7. The maximum Gasteiger partial charge on any atom is 0.279 e. The van der Waals surface area contributed by atoms with Gasteiger partial charge < -0.3 is 9.30 Å². The van der Waals surface area contributed by atoms with Crippen molar-refractivity contribution < 1.29 is 9.53 Å². The van der Waals surface area contributed by atoms with Crippen molar-refractivity contribution in [3.8, 4) is 0 Å². The number of nitrogens with zero attached hydrogens (tertiary/aromatic N) is 2. The van der Waals surface area contributed by atoms with Gasteiger partial charge in [0, 0.05) is 28.8 Å². The molecule has 3 rings (SSSR count). The minimum Gasteiger partial charge on any atom is -0.380 e. The molecule has 1 aromatic heterocycles. The number of thiazole rings is 1. The highest BCUT2D eigenvalue weighted by atomic mass is 35.5. The molecule has 0 bridgehead atoms. The highest BCUT2D eigenvalue weighted by Crippen LogP contribution is 2.27. The van der Waals surface area contributed by atoms with Crippen LogP contribution in [0.15, 0.2) is 41.4 Å². The van der Waals surface area contributed by atoms with Gasteiger partial charge in [0.05, 0.1) is 16.8 Å². The second-order valence-corrected chi connectivity index (χ2v) is 7.53. The van der Waals surface area contributed by atoms with Gasteiger partial charge in [-0.25, -0.2) is 0 Å². The summed E-state index contributed by atoms with van der Waals surface area (Å²) in [6, 6.07) is 10.5. The molecule has 0 spiro atoms. The summed E-state index contributed by atoms with van der Waals surface area (Å²) in [4.78, 5) is 17.5. The molecule has 0 radical (unpaired) electrons. The topological polar surface area (TPSA) is 43.6 Å². The SMILES string of the molecule is CCOCCn1c(=NC(=O)c2ccc(Cl)cc2)sc2ccc(Cl)c(C)c21. The molecule has 0 aliphatic rings. The van der Waals surface area contributed by atoms with Crippen molar-refractivity contribution in [2.24, 2.45) is 4.99 Å². The molecule has 0 atom stereocenters. The van der Waals surface area contributed by atoms with E-state index in [1.165, 1.54) is 11.3 Å². The van der Waals surface area contributed by atoms with E-state index in [4.69, 9.17) is 27.9 Å². The Bertz CT molecular complexity index is 1010. The summed E-state index contributed by atoms with van der Waals surface area (Å²) < 4.78 is 8.53. The molecular weight excluding hydrogens is 391 g/mol. The fourth-order valence-electron chi connectivity index (χ4n) is 2.65. The molecule has 1 heterocycles. The maximum atomic E-state index is 12.6. The van der Waals surface area contributed by atoms with E-state index in [2.05, 4.69) is 4.99 Å². The standard InChI is InChI=1S/C19H18Cl2N2O2S/c1-3-25-11-10-23-17-12(2)15(21)8-9-16(17)26-19(23)22-18(24)13-4-6-14(20)7-5-13/h4-9H,3,10-11H2,1-2H3. The van der Waals surface area contributed by atoms with Crippen LogP contribution in [0.1, 0.15) is 22.8 Å². The molecule has 0 fully saturated rings. The lowest BCUT2D eigenvalue weighted by molar-refractivity contribution is 0.0996. The molecule has 7 heteroatoms. The quantitative estimate of drug-likeness (QED) is 0.551. The number of halogens is 2. The summed E-state index contributed by atoms with van der Waals surface area (Å²) in [5, 5.41) is 1.27. The number of hydrogen-bond acceptors (Lipinski definition) is 3. The van der Waals surface area contributed by atoms with Crippen LogP contribution in [0, 0.1) is 6.92 Å². The average Bonchev–Trinajstić information content (AvgIpc) is 2.97. The number of aryl methyl sites for hydroxylation is 1. The third-order valence-corrected chi connectivity index (χ3v) is 5.69. The van der Waals surface area contributed by atoms with Gasteiger partial charge >= 0.3 is 0 Å². The zero-order chi connectivity index (χ0) is 18.7. The first-order valence-electron chi connectivity index (χ1n) is 8.22. The van der Waals surface area contributed by atoms with Gasteiger partial charge in [0.15, 0.2) is 4.80 Å². The number of aromatic nitrogens is 1. The van der Waals surface area contributed by atoms with E-state index >= 15 is 0 Å². The Hall–Kier alpha value is -1.66. The van der Waals surface area contributed by atoms with E-state index in [1.54, 1.807) is 24.3 Å². The van der Waals surface area contributed by atoms with Crippen molar-refractivity contribution in [1.82, 2.24) is 4.57 Å². The van der Waals surface area contributed by atoms with Crippen LogP contribution in [0.3, 0.4) is 0 Å². The number of carbonyl (C=O) groups excluding carboxylic acids is 1. The lowest BCUT2D eigenvalue weighted by Gasteiger charge is -2.08. The van der Waals surface area contributed by atoms with E-state index in [0.29, 0.717) is 40.2 Å². The first kappa shape index (κ1) is 19.1. The number of hydrogen-bond donors (Lipinski definition) is 0. The summed E-state index contributed by atoms with van der Waals surface area (Å²) in [7, 11) is 0. The Kier molecular flexibility index (Phi) is 6.14. The van der Waals surface area contributed by atoms with E-state index in [9.17, 15) is 4.79 Å². The Morgan fingerprint density at radius 2 is 1.92 bits per heavy atom. The normalized spacial score (nSPS) is 12.1. The van der Waals surface area contributed by atoms with Crippen molar-refractivity contribution in [2.45, 2.75) is 20.4 Å². The Morgan fingerprint density at radius 3 is 2.62 bits per heavy atom. The number of benzene rings is 2. The molecule has 4 nitrogen and oxygen atoms in total. The van der Waals surface area contributed by atoms with Crippen molar-refractivity contribution >= 4 is 50.7 Å². The first-order valence-corrected chi connectivity index (χ1v) is 9.79. The summed E-state index contributed by atoms with van der Waals surface area (Å²) in [5.41, 5.74) is 2.46. The van der Waals surface area contributed by atoms with Gasteiger partial charge in [0.25, 0.3) is 5.91 Å².